The van der Waals surface area contributed by atoms with Crippen molar-refractivity contribution < 1.29 is 32.9 Å². The molecular weight excluding hydrogens is 662 g/mol. The molecule has 260 valence electrons. The molecule has 0 unspecified atom stereocenters. The molecule has 3 aromatic heterocycles. The number of alkyl halides is 2. The number of carbonyl (C=O) groups is 1. The fraction of sp³-hybridized carbons (Fsp3) is 0.471. The van der Waals surface area contributed by atoms with Gasteiger partial charge < -0.3 is 34.2 Å². The second kappa shape index (κ2) is 13.3. The van der Waals surface area contributed by atoms with Crippen molar-refractivity contribution in [1.29, 1.82) is 0 Å². The third kappa shape index (κ3) is 6.38. The lowest BCUT2D eigenvalue weighted by atomic mass is 9.93. The van der Waals surface area contributed by atoms with Gasteiger partial charge in [0, 0.05) is 55.2 Å². The molecule has 2 saturated heterocycles. The van der Waals surface area contributed by atoms with E-state index in [4.69, 9.17) is 20.8 Å². The Bertz CT molecular complexity index is 2060. The number of carbonyl (C=O) groups excluding carboxylic acids is 1. The molecule has 3 atom stereocenters. The molecule has 1 amide bonds. The molecule has 0 spiro atoms. The molecule has 12 nitrogen and oxygen atoms in total. The van der Waals surface area contributed by atoms with Gasteiger partial charge in [0.25, 0.3) is 0 Å². The zero-order valence-electron chi connectivity index (χ0n) is 26.8. The molecule has 5 heterocycles. The highest BCUT2D eigenvalue weighted by Gasteiger charge is 2.39. The number of benzene rings is 2. The second-order valence-electron chi connectivity index (χ2n) is 13.0. The van der Waals surface area contributed by atoms with Crippen molar-refractivity contribution in [2.24, 2.45) is 5.92 Å². The molecule has 0 radical (unpaired) electrons. The monoisotopic (exact) mass is 698 g/mol. The number of aromatic amines is 1. The van der Waals surface area contributed by atoms with E-state index in [0.717, 1.165) is 11.0 Å². The van der Waals surface area contributed by atoms with E-state index in [1.54, 1.807) is 32.6 Å². The van der Waals surface area contributed by atoms with E-state index in [-0.39, 0.29) is 60.1 Å². The van der Waals surface area contributed by atoms with Gasteiger partial charge in [-0.15, -0.1) is 0 Å². The Labute approximate surface area is 284 Å². The number of amides is 1. The summed E-state index contributed by atoms with van der Waals surface area (Å²) in [5.41, 5.74) is 2.12. The Morgan fingerprint density at radius 3 is 2.80 bits per heavy atom. The van der Waals surface area contributed by atoms with Gasteiger partial charge in [0.2, 0.25) is 11.7 Å². The van der Waals surface area contributed by atoms with E-state index < -0.39 is 30.5 Å². The Morgan fingerprint density at radius 2 is 2.00 bits per heavy atom. The number of likely N-dealkylation sites (tertiary alicyclic amines) is 1. The third-order valence-electron chi connectivity index (χ3n) is 9.67. The largest absolute Gasteiger partial charge is 0.450 e. The average molecular weight is 699 g/mol. The van der Waals surface area contributed by atoms with Crippen molar-refractivity contribution in [3.8, 4) is 0 Å². The van der Waals surface area contributed by atoms with E-state index in [0.29, 0.717) is 54.9 Å². The van der Waals surface area contributed by atoms with Gasteiger partial charge in [0.05, 0.1) is 17.1 Å². The molecule has 49 heavy (non-hydrogen) atoms. The number of halogens is 3. The SMILES string of the molecule is C[C@H]1CN(C(=O)COCCCC(F)(F)c2nc(N3CCC[C@H]3C(O)O)c3oc4cc(Cl)ccc4c3n2)CC[C@@H]1n1c(=O)[nH]c2ccccc21. The molecule has 2 aliphatic heterocycles. The number of nitrogens with zero attached hydrogens (tertiary/aromatic N) is 5. The Hall–Kier alpha value is -4.11. The first-order valence-corrected chi connectivity index (χ1v) is 16.9. The maximum Gasteiger partial charge on any atom is 0.326 e. The van der Waals surface area contributed by atoms with Gasteiger partial charge in [0.1, 0.15) is 17.7 Å². The standard InChI is InChI=1S/C34H37ClF2N6O6/c1-19-17-41(14-11-23(19)43-24-7-3-2-6-22(24)38-33(43)47)27(44)18-48-15-5-12-34(36,37)32-39-28-21-10-9-20(35)16-26(21)49-29(28)30(40-32)42-13-4-8-25(42)31(45)46/h2-3,6-7,9-10,16,19,23,25,31,45-46H,4-5,8,11-15,17-18H2,1H3,(H,38,47)/t19-,23-,25-/m0/s1. The summed E-state index contributed by atoms with van der Waals surface area (Å²) in [5.74, 6) is -4.33. The zero-order valence-corrected chi connectivity index (χ0v) is 27.6. The van der Waals surface area contributed by atoms with Crippen LogP contribution in [0.25, 0.3) is 33.1 Å². The normalized spacial score (nSPS) is 20.4. The first kappa shape index (κ1) is 33.4. The number of nitrogens with one attached hydrogen (secondary N) is 1. The fourth-order valence-corrected chi connectivity index (χ4v) is 7.39. The van der Waals surface area contributed by atoms with Crippen LogP contribution in [0.5, 0.6) is 0 Å². The van der Waals surface area contributed by atoms with Crippen LogP contribution in [0, 0.1) is 5.92 Å². The highest BCUT2D eigenvalue weighted by molar-refractivity contribution is 6.31. The Kier molecular flexibility index (Phi) is 9.07. The molecule has 0 saturated carbocycles. The first-order chi connectivity index (χ1) is 23.5. The van der Waals surface area contributed by atoms with Crippen molar-refractivity contribution in [2.75, 3.05) is 37.7 Å². The lowest BCUT2D eigenvalue weighted by Gasteiger charge is -2.37. The third-order valence-corrected chi connectivity index (χ3v) is 9.91. The summed E-state index contributed by atoms with van der Waals surface area (Å²) in [7, 11) is 0. The van der Waals surface area contributed by atoms with Crippen LogP contribution in [0.2, 0.25) is 5.02 Å². The number of aliphatic hydroxyl groups is 2. The van der Waals surface area contributed by atoms with Crippen molar-refractivity contribution in [2.45, 2.75) is 63.3 Å². The highest BCUT2D eigenvalue weighted by Crippen LogP contribution is 2.40. The van der Waals surface area contributed by atoms with Crippen LogP contribution < -0.4 is 10.6 Å². The molecule has 2 fully saturated rings. The minimum atomic E-state index is -3.46. The van der Waals surface area contributed by atoms with Crippen LogP contribution in [0.4, 0.5) is 14.6 Å². The van der Waals surface area contributed by atoms with E-state index in [1.807, 2.05) is 31.2 Å². The van der Waals surface area contributed by atoms with Gasteiger partial charge in [-0.1, -0.05) is 30.7 Å². The molecule has 2 aliphatic rings. The summed E-state index contributed by atoms with van der Waals surface area (Å²) in [6, 6.07) is 11.5. The molecule has 7 rings (SSSR count). The van der Waals surface area contributed by atoms with Crippen molar-refractivity contribution in [3.63, 3.8) is 0 Å². The lowest BCUT2D eigenvalue weighted by Crippen LogP contribution is -2.46. The lowest BCUT2D eigenvalue weighted by molar-refractivity contribution is -0.138. The first-order valence-electron chi connectivity index (χ1n) is 16.5. The number of para-hydroxylation sites is 2. The number of anilines is 1. The number of aromatic nitrogens is 4. The predicted molar refractivity (Wildman–Crippen MR) is 179 cm³/mol. The summed E-state index contributed by atoms with van der Waals surface area (Å²) in [6.45, 7) is 2.94. The van der Waals surface area contributed by atoms with Crippen LogP contribution >= 0.6 is 11.6 Å². The molecule has 2 aromatic carbocycles. The number of fused-ring (bicyclic) bond motifs is 4. The Morgan fingerprint density at radius 1 is 1.18 bits per heavy atom. The quantitative estimate of drug-likeness (QED) is 0.136. The van der Waals surface area contributed by atoms with Gasteiger partial charge in [-0.2, -0.15) is 8.78 Å². The van der Waals surface area contributed by atoms with E-state index >= 15 is 8.78 Å². The maximum absolute atomic E-state index is 15.7. The number of furan rings is 1. The summed E-state index contributed by atoms with van der Waals surface area (Å²) in [6.07, 6.45) is -0.749. The van der Waals surface area contributed by atoms with Gasteiger partial charge >= 0.3 is 11.6 Å². The molecule has 0 bridgehead atoms. The average Bonchev–Trinajstić information content (AvgIpc) is 3.79. The summed E-state index contributed by atoms with van der Waals surface area (Å²) in [4.78, 5) is 40.3. The number of hydrogen-bond acceptors (Lipinski definition) is 9. The highest BCUT2D eigenvalue weighted by atomic mass is 35.5. The number of H-pyrrole nitrogens is 1. The van der Waals surface area contributed by atoms with Crippen LogP contribution in [0.3, 0.4) is 0 Å². The van der Waals surface area contributed by atoms with Gasteiger partial charge in [-0.05, 0) is 55.9 Å². The number of piperidine rings is 1. The minimum Gasteiger partial charge on any atom is -0.450 e. The number of imidazole rings is 1. The summed E-state index contributed by atoms with van der Waals surface area (Å²) >= 11 is 6.14. The van der Waals surface area contributed by atoms with Crippen molar-refractivity contribution >= 4 is 56.4 Å². The van der Waals surface area contributed by atoms with Crippen LogP contribution in [0.15, 0.2) is 51.7 Å². The van der Waals surface area contributed by atoms with Crippen molar-refractivity contribution in [3.05, 3.63) is 63.8 Å². The van der Waals surface area contributed by atoms with Gasteiger partial charge in [-0.3, -0.25) is 9.36 Å². The second-order valence-corrected chi connectivity index (χ2v) is 13.4. The number of aliphatic hydroxyl groups excluding tert-OH is 1. The topological polar surface area (TPSA) is 150 Å². The predicted octanol–water partition coefficient (Wildman–Crippen LogP) is 4.95. The molecular formula is C34H37ClF2N6O6. The van der Waals surface area contributed by atoms with Gasteiger partial charge in [-0.25, -0.2) is 14.8 Å². The fourth-order valence-electron chi connectivity index (χ4n) is 7.23. The molecule has 3 N–H and O–H groups in total. The summed E-state index contributed by atoms with van der Waals surface area (Å²) < 4.78 is 44.7. The maximum atomic E-state index is 15.7. The minimum absolute atomic E-state index is 0.0105. The Balaban J connectivity index is 0.988. The van der Waals surface area contributed by atoms with Crippen LogP contribution in [-0.2, 0) is 15.5 Å². The number of ether oxygens (including phenoxy) is 1. The molecule has 0 aliphatic carbocycles. The van der Waals surface area contributed by atoms with E-state index in [9.17, 15) is 19.8 Å². The van der Waals surface area contributed by atoms with Gasteiger partial charge in [0.15, 0.2) is 17.7 Å². The smallest absolute Gasteiger partial charge is 0.326 e. The number of hydrogen-bond donors (Lipinski definition) is 3. The van der Waals surface area contributed by atoms with Crippen molar-refractivity contribution in [1.82, 2.24) is 24.4 Å². The van der Waals surface area contributed by atoms with E-state index in [2.05, 4.69) is 15.0 Å². The van der Waals surface area contributed by atoms with Crippen LogP contribution in [-0.4, -0.2) is 85.7 Å². The van der Waals surface area contributed by atoms with Crippen LogP contribution in [0.1, 0.15) is 50.9 Å². The zero-order chi connectivity index (χ0) is 34.4. The molecule has 5 aromatic rings. The molecule has 15 heteroatoms. The number of rotatable bonds is 10. The summed E-state index contributed by atoms with van der Waals surface area (Å²) in [5, 5.41) is 20.8. The van der Waals surface area contributed by atoms with E-state index in [1.165, 1.54) is 0 Å².